The van der Waals surface area contributed by atoms with Crippen molar-refractivity contribution in [1.82, 2.24) is 0 Å². The molecule has 3 aliphatic rings. The summed E-state index contributed by atoms with van der Waals surface area (Å²) in [6.45, 7) is 1.39. The molecule has 0 radical (unpaired) electrons. The molecule has 4 rings (SSSR count). The molecule has 2 aliphatic carbocycles. The molecule has 0 N–H and O–H groups in total. The van der Waals surface area contributed by atoms with E-state index in [4.69, 9.17) is 0 Å². The number of para-hydroxylation sites is 1. The number of ether oxygens (including phenoxy) is 1. The first-order valence-electron chi connectivity index (χ1n) is 8.51. The third kappa shape index (κ3) is 1.83. The van der Waals surface area contributed by atoms with Gasteiger partial charge in [0, 0.05) is 5.92 Å². The monoisotopic (exact) mass is 378 g/mol. The molecule has 0 aromatic heterocycles. The number of hydrazone groups is 1. The summed E-state index contributed by atoms with van der Waals surface area (Å²) in [4.78, 5) is 26.1. The van der Waals surface area contributed by atoms with Crippen molar-refractivity contribution in [3.8, 4) is 0 Å². The minimum absolute atomic E-state index is 0.0177. The van der Waals surface area contributed by atoms with Gasteiger partial charge in [-0.2, -0.15) is 23.3 Å². The van der Waals surface area contributed by atoms with Crippen LogP contribution in [0.3, 0.4) is 0 Å². The molecule has 1 spiro atoms. The van der Waals surface area contributed by atoms with Gasteiger partial charge in [-0.25, -0.2) is 0 Å². The number of rotatable bonds is 2. The van der Waals surface area contributed by atoms with Gasteiger partial charge in [-0.05, 0) is 31.4 Å². The Balaban J connectivity index is 1.98. The summed E-state index contributed by atoms with van der Waals surface area (Å²) >= 11 is 0. The van der Waals surface area contributed by atoms with Crippen LogP contribution in [-0.4, -0.2) is 30.9 Å². The van der Waals surface area contributed by atoms with Crippen molar-refractivity contribution >= 4 is 23.3 Å². The number of nitrogens with zero attached hydrogens (tertiary/aromatic N) is 2. The molecule has 1 aromatic rings. The summed E-state index contributed by atoms with van der Waals surface area (Å²) in [5, 5.41) is 5.16. The lowest BCUT2D eigenvalue weighted by Crippen LogP contribution is -2.65. The molecule has 27 heavy (non-hydrogen) atoms. The standard InChI is InChI=1S/C19H17F3N2O3/c1-11-17(15(25)24(23-11)14-6-4-3-5-7-14)12-8-9-13(10-12)18(17,16(26)27-2)19(20,21)22/h3-9,12-13H,10H2,1-2H3/t12-,13+,17+,18+/m1/s1. The van der Waals surface area contributed by atoms with E-state index in [1.54, 1.807) is 36.4 Å². The van der Waals surface area contributed by atoms with Crippen molar-refractivity contribution in [3.63, 3.8) is 0 Å². The van der Waals surface area contributed by atoms with Gasteiger partial charge in [0.15, 0.2) is 5.41 Å². The van der Waals surface area contributed by atoms with Gasteiger partial charge in [-0.1, -0.05) is 30.4 Å². The quantitative estimate of drug-likeness (QED) is 0.586. The average Bonchev–Trinajstić information content (AvgIpc) is 3.29. The predicted octanol–water partition coefficient (Wildman–Crippen LogP) is 3.32. The second kappa shape index (κ2) is 5.43. The summed E-state index contributed by atoms with van der Waals surface area (Å²) in [5.74, 6) is -4.22. The highest BCUT2D eigenvalue weighted by Gasteiger charge is 2.86. The van der Waals surface area contributed by atoms with Crippen molar-refractivity contribution in [2.75, 3.05) is 12.1 Å². The highest BCUT2D eigenvalue weighted by molar-refractivity contribution is 6.22. The summed E-state index contributed by atoms with van der Waals surface area (Å²) in [7, 11) is 0.917. The molecule has 0 saturated heterocycles. The number of allylic oxidation sites excluding steroid dienone is 2. The maximum Gasteiger partial charge on any atom is 0.406 e. The van der Waals surface area contributed by atoms with Crippen molar-refractivity contribution in [3.05, 3.63) is 42.5 Å². The first-order chi connectivity index (χ1) is 12.7. The van der Waals surface area contributed by atoms with Crippen LogP contribution in [0.25, 0.3) is 0 Å². The molecule has 0 unspecified atom stereocenters. The van der Waals surface area contributed by atoms with Gasteiger partial charge in [0.2, 0.25) is 0 Å². The molecule has 5 nitrogen and oxygen atoms in total. The van der Waals surface area contributed by atoms with E-state index < -0.39 is 40.7 Å². The average molecular weight is 378 g/mol. The lowest BCUT2D eigenvalue weighted by Gasteiger charge is -2.46. The lowest BCUT2D eigenvalue weighted by molar-refractivity contribution is -0.258. The number of carbonyl (C=O) groups excluding carboxylic acids is 2. The van der Waals surface area contributed by atoms with E-state index in [-0.39, 0.29) is 12.1 Å². The van der Waals surface area contributed by atoms with E-state index in [1.165, 1.54) is 13.0 Å². The van der Waals surface area contributed by atoms with Gasteiger partial charge in [0.25, 0.3) is 5.91 Å². The zero-order valence-electron chi connectivity index (χ0n) is 14.7. The van der Waals surface area contributed by atoms with Crippen LogP contribution >= 0.6 is 0 Å². The molecule has 1 aliphatic heterocycles. The number of hydrogen-bond acceptors (Lipinski definition) is 4. The fraction of sp³-hybridized carbons (Fsp3) is 0.421. The Morgan fingerprint density at radius 1 is 1.22 bits per heavy atom. The van der Waals surface area contributed by atoms with E-state index >= 15 is 0 Å². The van der Waals surface area contributed by atoms with E-state index in [1.807, 2.05) is 0 Å². The zero-order valence-corrected chi connectivity index (χ0v) is 14.7. The number of fused-ring (bicyclic) bond motifs is 3. The second-order valence-corrected chi connectivity index (χ2v) is 7.08. The van der Waals surface area contributed by atoms with Crippen LogP contribution in [0.2, 0.25) is 0 Å². The molecular weight excluding hydrogens is 361 g/mol. The Morgan fingerprint density at radius 2 is 1.85 bits per heavy atom. The highest BCUT2D eigenvalue weighted by atomic mass is 19.4. The zero-order chi connectivity index (χ0) is 19.6. The Labute approximate surface area is 153 Å². The van der Waals surface area contributed by atoms with E-state index in [0.29, 0.717) is 5.69 Å². The summed E-state index contributed by atoms with van der Waals surface area (Å²) in [6.07, 6.45) is -1.95. The number of esters is 1. The van der Waals surface area contributed by atoms with Crippen molar-refractivity contribution < 1.29 is 27.5 Å². The van der Waals surface area contributed by atoms with E-state index in [2.05, 4.69) is 9.84 Å². The Kier molecular flexibility index (Phi) is 3.57. The van der Waals surface area contributed by atoms with Crippen molar-refractivity contribution in [1.29, 1.82) is 0 Å². The maximum atomic E-state index is 14.5. The van der Waals surface area contributed by atoms with Crippen LogP contribution < -0.4 is 5.01 Å². The first-order valence-corrected chi connectivity index (χ1v) is 8.51. The van der Waals surface area contributed by atoms with Crippen LogP contribution in [0, 0.1) is 22.7 Å². The SMILES string of the molecule is COC(=O)[C@@]1(C(F)(F)F)[C@H]2C=C[C@H](C2)[C@@]12C(=O)N(c1ccccc1)N=C2C. The number of methoxy groups -OCH3 is 1. The fourth-order valence-electron chi connectivity index (χ4n) is 5.17. The third-order valence-corrected chi connectivity index (χ3v) is 6.12. The Bertz CT molecular complexity index is 880. The molecule has 4 atom stereocenters. The van der Waals surface area contributed by atoms with Gasteiger partial charge in [-0.3, -0.25) is 9.59 Å². The van der Waals surface area contributed by atoms with Gasteiger partial charge in [0.1, 0.15) is 5.41 Å². The number of anilines is 1. The topological polar surface area (TPSA) is 59.0 Å². The molecule has 1 amide bonds. The van der Waals surface area contributed by atoms with E-state index in [9.17, 15) is 22.8 Å². The number of halogens is 3. The minimum Gasteiger partial charge on any atom is -0.468 e. The van der Waals surface area contributed by atoms with Crippen LogP contribution in [0.4, 0.5) is 18.9 Å². The lowest BCUT2D eigenvalue weighted by atomic mass is 9.55. The van der Waals surface area contributed by atoms with Gasteiger partial charge in [-0.15, -0.1) is 0 Å². The number of alkyl halides is 3. The maximum absolute atomic E-state index is 14.5. The molecular formula is C19H17F3N2O3. The summed E-state index contributed by atoms with van der Waals surface area (Å²) in [6, 6.07) is 8.23. The number of amides is 1. The van der Waals surface area contributed by atoms with Crippen LogP contribution in [0.1, 0.15) is 13.3 Å². The van der Waals surface area contributed by atoms with Crippen LogP contribution in [0.5, 0.6) is 0 Å². The normalized spacial score (nSPS) is 34.5. The number of carbonyl (C=O) groups is 2. The minimum atomic E-state index is -4.98. The van der Waals surface area contributed by atoms with Gasteiger partial charge >= 0.3 is 12.1 Å². The second-order valence-electron chi connectivity index (χ2n) is 7.08. The molecule has 1 aromatic carbocycles. The molecule has 1 heterocycles. The first kappa shape index (κ1) is 17.8. The van der Waals surface area contributed by atoms with Gasteiger partial charge in [0.05, 0.1) is 18.5 Å². The Hall–Kier alpha value is -2.64. The van der Waals surface area contributed by atoms with E-state index in [0.717, 1.165) is 12.1 Å². The van der Waals surface area contributed by atoms with Crippen molar-refractivity contribution in [2.24, 2.45) is 27.8 Å². The smallest absolute Gasteiger partial charge is 0.406 e. The fourth-order valence-corrected chi connectivity index (χ4v) is 5.17. The van der Waals surface area contributed by atoms with Crippen LogP contribution in [0.15, 0.2) is 47.6 Å². The van der Waals surface area contributed by atoms with Crippen molar-refractivity contribution in [2.45, 2.75) is 19.5 Å². The van der Waals surface area contributed by atoms with Gasteiger partial charge < -0.3 is 4.74 Å². The summed E-state index contributed by atoms with van der Waals surface area (Å²) < 4.78 is 48.2. The molecule has 1 fully saturated rings. The largest absolute Gasteiger partial charge is 0.468 e. The third-order valence-electron chi connectivity index (χ3n) is 6.12. The molecule has 1 saturated carbocycles. The Morgan fingerprint density at radius 3 is 2.44 bits per heavy atom. The molecule has 142 valence electrons. The molecule has 2 bridgehead atoms. The van der Waals surface area contributed by atoms with Crippen LogP contribution in [-0.2, 0) is 14.3 Å². The predicted molar refractivity (Wildman–Crippen MR) is 90.7 cm³/mol. The number of hydrogen-bond donors (Lipinski definition) is 0. The molecule has 8 heteroatoms. The highest BCUT2D eigenvalue weighted by Crippen LogP contribution is 2.71. The summed E-state index contributed by atoms with van der Waals surface area (Å²) in [5.41, 5.74) is -4.78. The number of benzene rings is 1.